The van der Waals surface area contributed by atoms with E-state index in [1.54, 1.807) is 6.07 Å². The van der Waals surface area contributed by atoms with Gasteiger partial charge in [0.05, 0.1) is 0 Å². The Morgan fingerprint density at radius 3 is 2.43 bits per heavy atom. The maximum absolute atomic E-state index is 5.91. The quantitative estimate of drug-likeness (QED) is 0.730. The van der Waals surface area contributed by atoms with Gasteiger partial charge in [-0.25, -0.2) is 0 Å². The number of benzene rings is 1. The van der Waals surface area contributed by atoms with Crippen molar-refractivity contribution in [3.63, 3.8) is 0 Å². The Morgan fingerprint density at radius 2 is 1.86 bits per heavy atom. The molecule has 1 aliphatic heterocycles. The molecule has 0 N–H and O–H groups in total. The summed E-state index contributed by atoms with van der Waals surface area (Å²) in [5.41, 5.74) is 2.42. The Kier molecular flexibility index (Phi) is 3.09. The summed E-state index contributed by atoms with van der Waals surface area (Å²) in [6.45, 7) is 0.976. The fraction of sp³-hybridized carbons (Fsp3) is 0.364. The molecular weight excluding hydrogens is 217 g/mol. The summed E-state index contributed by atoms with van der Waals surface area (Å²) in [4.78, 5) is 4.42. The van der Waals surface area contributed by atoms with Crippen molar-refractivity contribution >= 4 is 28.9 Å². The van der Waals surface area contributed by atoms with Gasteiger partial charge in [-0.05, 0) is 36.6 Å². The van der Waals surface area contributed by atoms with E-state index in [1.807, 2.05) is 12.1 Å². The van der Waals surface area contributed by atoms with Crippen LogP contribution in [0.15, 0.2) is 23.2 Å². The molecule has 74 valence electrons. The van der Waals surface area contributed by atoms with Crippen LogP contribution >= 0.6 is 23.2 Å². The molecule has 1 aromatic carbocycles. The lowest BCUT2D eigenvalue weighted by atomic mass is 10.1. The summed E-state index contributed by atoms with van der Waals surface area (Å²) in [6, 6.07) is 5.66. The predicted octanol–water partition coefficient (Wildman–Crippen LogP) is 3.77. The van der Waals surface area contributed by atoms with E-state index in [1.165, 1.54) is 12.1 Å². The van der Waals surface area contributed by atoms with Crippen molar-refractivity contribution < 1.29 is 0 Å². The summed E-state index contributed by atoms with van der Waals surface area (Å²) in [5.74, 6) is 0. The monoisotopic (exact) mass is 227 g/mol. The fourth-order valence-corrected chi connectivity index (χ4v) is 2.26. The number of nitrogens with zero attached hydrogens (tertiary/aromatic N) is 1. The Bertz CT molecular complexity index is 351. The Hall–Kier alpha value is -0.530. The molecule has 0 aliphatic carbocycles. The maximum Gasteiger partial charge on any atom is 0.0423 e. The van der Waals surface area contributed by atoms with Crippen molar-refractivity contribution in [2.45, 2.75) is 19.3 Å². The molecule has 0 radical (unpaired) electrons. The highest BCUT2D eigenvalue weighted by Crippen LogP contribution is 2.20. The van der Waals surface area contributed by atoms with E-state index in [2.05, 4.69) is 4.99 Å². The summed E-state index contributed by atoms with van der Waals surface area (Å²) >= 11 is 11.8. The second kappa shape index (κ2) is 4.33. The largest absolute Gasteiger partial charge is 0.294 e. The molecule has 14 heavy (non-hydrogen) atoms. The van der Waals surface area contributed by atoms with E-state index < -0.39 is 0 Å². The van der Waals surface area contributed by atoms with Crippen LogP contribution in [0.2, 0.25) is 10.0 Å². The van der Waals surface area contributed by atoms with Gasteiger partial charge in [0, 0.05) is 28.7 Å². The number of hydrogen-bond acceptors (Lipinski definition) is 1. The fourth-order valence-electron chi connectivity index (χ4n) is 1.69. The standard InChI is InChI=1S/C11H11Cl2N/c12-9-4-8(5-10(13)7-9)6-11-2-1-3-14-11/h4-5,7H,1-3,6H2. The van der Waals surface area contributed by atoms with Crippen LogP contribution in [0.4, 0.5) is 0 Å². The lowest BCUT2D eigenvalue weighted by Crippen LogP contribution is -1.98. The van der Waals surface area contributed by atoms with Gasteiger partial charge in [-0.15, -0.1) is 0 Å². The second-order valence-electron chi connectivity index (χ2n) is 3.51. The lowest BCUT2D eigenvalue weighted by molar-refractivity contribution is 0.949. The summed E-state index contributed by atoms with van der Waals surface area (Å²) in [5, 5.41) is 1.40. The third-order valence-electron chi connectivity index (χ3n) is 2.29. The molecule has 0 fully saturated rings. The molecule has 0 saturated carbocycles. The maximum atomic E-state index is 5.91. The first-order chi connectivity index (χ1) is 6.74. The van der Waals surface area contributed by atoms with Crippen LogP contribution < -0.4 is 0 Å². The molecule has 0 atom stereocenters. The third-order valence-corrected chi connectivity index (χ3v) is 2.73. The molecular formula is C11H11Cl2N. The first-order valence-corrected chi connectivity index (χ1v) is 5.47. The smallest absolute Gasteiger partial charge is 0.0423 e. The normalized spacial score (nSPS) is 15.7. The van der Waals surface area contributed by atoms with Gasteiger partial charge in [0.2, 0.25) is 0 Å². The molecule has 3 heteroatoms. The van der Waals surface area contributed by atoms with Gasteiger partial charge in [-0.3, -0.25) is 4.99 Å². The van der Waals surface area contributed by atoms with Crippen molar-refractivity contribution in [3.05, 3.63) is 33.8 Å². The Balaban J connectivity index is 2.15. The first-order valence-electron chi connectivity index (χ1n) is 4.71. The van der Waals surface area contributed by atoms with Crippen LogP contribution in [-0.2, 0) is 6.42 Å². The molecule has 1 aliphatic rings. The van der Waals surface area contributed by atoms with Gasteiger partial charge in [0.15, 0.2) is 0 Å². The topological polar surface area (TPSA) is 12.4 Å². The van der Waals surface area contributed by atoms with E-state index in [-0.39, 0.29) is 0 Å². The van der Waals surface area contributed by atoms with Crippen molar-refractivity contribution in [2.24, 2.45) is 4.99 Å². The molecule has 1 aromatic rings. The van der Waals surface area contributed by atoms with Crippen LogP contribution in [0.5, 0.6) is 0 Å². The lowest BCUT2D eigenvalue weighted by Gasteiger charge is -2.02. The van der Waals surface area contributed by atoms with E-state index in [4.69, 9.17) is 23.2 Å². The number of halogens is 2. The van der Waals surface area contributed by atoms with E-state index in [0.29, 0.717) is 10.0 Å². The predicted molar refractivity (Wildman–Crippen MR) is 61.7 cm³/mol. The zero-order valence-electron chi connectivity index (χ0n) is 7.76. The van der Waals surface area contributed by atoms with Crippen molar-refractivity contribution in [1.29, 1.82) is 0 Å². The van der Waals surface area contributed by atoms with Crippen LogP contribution in [0.3, 0.4) is 0 Å². The molecule has 0 amide bonds. The number of aliphatic imine (C=N–C) groups is 1. The van der Waals surface area contributed by atoms with Gasteiger partial charge < -0.3 is 0 Å². The third kappa shape index (κ3) is 2.49. The summed E-state index contributed by atoms with van der Waals surface area (Å²) < 4.78 is 0. The molecule has 1 nitrogen and oxygen atoms in total. The van der Waals surface area contributed by atoms with E-state index in [9.17, 15) is 0 Å². The molecule has 2 rings (SSSR count). The summed E-state index contributed by atoms with van der Waals surface area (Å²) in [6.07, 6.45) is 3.19. The average Bonchev–Trinajstić information content (AvgIpc) is 2.54. The van der Waals surface area contributed by atoms with Crippen LogP contribution in [0, 0.1) is 0 Å². The minimum atomic E-state index is 0.700. The van der Waals surface area contributed by atoms with E-state index >= 15 is 0 Å². The molecule has 0 aromatic heterocycles. The highest BCUT2D eigenvalue weighted by molar-refractivity contribution is 6.34. The zero-order chi connectivity index (χ0) is 9.97. The van der Waals surface area contributed by atoms with Crippen molar-refractivity contribution in [3.8, 4) is 0 Å². The minimum absolute atomic E-state index is 0.700. The van der Waals surface area contributed by atoms with Gasteiger partial charge in [0.25, 0.3) is 0 Å². The van der Waals surface area contributed by atoms with Crippen LogP contribution in [0.1, 0.15) is 18.4 Å². The van der Waals surface area contributed by atoms with Crippen molar-refractivity contribution in [2.75, 3.05) is 6.54 Å². The first kappa shape index (κ1) is 10.0. The molecule has 0 bridgehead atoms. The van der Waals surface area contributed by atoms with Gasteiger partial charge in [0.1, 0.15) is 0 Å². The zero-order valence-corrected chi connectivity index (χ0v) is 9.28. The molecule has 1 heterocycles. The highest BCUT2D eigenvalue weighted by Gasteiger charge is 2.07. The SMILES string of the molecule is Clc1cc(Cl)cc(CC2=NCCC2)c1. The highest BCUT2D eigenvalue weighted by atomic mass is 35.5. The number of rotatable bonds is 2. The number of hydrogen-bond donors (Lipinski definition) is 0. The van der Waals surface area contributed by atoms with E-state index in [0.717, 1.165) is 24.9 Å². The second-order valence-corrected chi connectivity index (χ2v) is 4.38. The van der Waals surface area contributed by atoms with Crippen LogP contribution in [0.25, 0.3) is 0 Å². The Morgan fingerprint density at radius 1 is 1.14 bits per heavy atom. The molecule has 0 saturated heterocycles. The minimum Gasteiger partial charge on any atom is -0.294 e. The van der Waals surface area contributed by atoms with Gasteiger partial charge >= 0.3 is 0 Å². The van der Waals surface area contributed by atoms with Gasteiger partial charge in [-0.2, -0.15) is 0 Å². The molecule has 0 unspecified atom stereocenters. The molecule has 0 spiro atoms. The van der Waals surface area contributed by atoms with Crippen molar-refractivity contribution in [1.82, 2.24) is 0 Å². The Labute approximate surface area is 93.8 Å². The average molecular weight is 228 g/mol. The van der Waals surface area contributed by atoms with Crippen LogP contribution in [-0.4, -0.2) is 12.3 Å². The summed E-state index contributed by atoms with van der Waals surface area (Å²) in [7, 11) is 0. The van der Waals surface area contributed by atoms with Gasteiger partial charge in [-0.1, -0.05) is 23.2 Å².